The second kappa shape index (κ2) is 16.3. The van der Waals surface area contributed by atoms with Crippen molar-refractivity contribution in [3.05, 3.63) is 170 Å². The maximum atomic E-state index is 6.94. The molecule has 194 valence electrons. The fourth-order valence-electron chi connectivity index (χ4n) is 4.13. The molecule has 1 atom stereocenters. The van der Waals surface area contributed by atoms with E-state index in [1.54, 1.807) is 0 Å². The number of benzene rings is 4. The smallest absolute Gasteiger partial charge is 0.673 e. The van der Waals surface area contributed by atoms with Gasteiger partial charge in [0.15, 0.2) is 0 Å². The first-order chi connectivity index (χ1) is 16.4. The van der Waals surface area contributed by atoms with Gasteiger partial charge < -0.3 is 20.6 Å². The number of nitrogens with one attached hydrogen (secondary N) is 1. The molecule has 0 aromatic heterocycles. The molecular formula is C35H41NSiTi. The molecule has 0 aliphatic heterocycles. The molecule has 0 fully saturated rings. The van der Waals surface area contributed by atoms with E-state index in [2.05, 4.69) is 127 Å². The van der Waals surface area contributed by atoms with Gasteiger partial charge in [0.2, 0.25) is 0 Å². The van der Waals surface area contributed by atoms with E-state index in [0.29, 0.717) is 0 Å². The summed E-state index contributed by atoms with van der Waals surface area (Å²) in [5.41, 5.74) is 15.4. The molecule has 4 aromatic carbocycles. The summed E-state index contributed by atoms with van der Waals surface area (Å²) >= 11 is 0. The maximum Gasteiger partial charge on any atom is 4.00 e. The van der Waals surface area contributed by atoms with E-state index in [1.165, 1.54) is 39.0 Å². The Morgan fingerprint density at radius 2 is 0.921 bits per heavy atom. The van der Waals surface area contributed by atoms with Crippen LogP contribution in [0.3, 0.4) is 0 Å². The summed E-state index contributed by atoms with van der Waals surface area (Å²) in [5, 5.41) is 0. The summed E-state index contributed by atoms with van der Waals surface area (Å²) < 4.78 is 0. The molecule has 0 saturated carbocycles. The zero-order valence-corrected chi connectivity index (χ0v) is 24.2. The van der Waals surface area contributed by atoms with Crippen LogP contribution in [-0.2, 0) is 21.7 Å². The topological polar surface area (TPSA) is 23.8 Å². The Hall–Kier alpha value is -2.75. The van der Waals surface area contributed by atoms with Crippen LogP contribution < -0.4 is 0 Å². The number of rotatable bonds is 4. The predicted molar refractivity (Wildman–Crippen MR) is 170 cm³/mol. The molecule has 1 aliphatic carbocycles. The van der Waals surface area contributed by atoms with Crippen LogP contribution in [0.2, 0.25) is 0 Å². The van der Waals surface area contributed by atoms with Crippen molar-refractivity contribution in [2.75, 3.05) is 0 Å². The normalized spacial score (nSPS) is 13.8. The number of hydrogen-bond donors (Lipinski definition) is 0. The van der Waals surface area contributed by atoms with E-state index in [1.807, 2.05) is 20.8 Å². The van der Waals surface area contributed by atoms with Gasteiger partial charge in [-0.05, 0) is 28.0 Å². The Labute approximate surface area is 250 Å². The molecule has 0 bridgehead atoms. The van der Waals surface area contributed by atoms with Crippen LogP contribution in [0.1, 0.15) is 48.9 Å². The van der Waals surface area contributed by atoms with E-state index >= 15 is 0 Å². The van der Waals surface area contributed by atoms with Crippen molar-refractivity contribution >= 4 is 27.7 Å². The van der Waals surface area contributed by atoms with Crippen molar-refractivity contribution in [2.24, 2.45) is 0 Å². The molecule has 0 amide bonds. The maximum absolute atomic E-state index is 6.94. The minimum absolute atomic E-state index is 0. The minimum Gasteiger partial charge on any atom is -0.673 e. The first kappa shape index (κ1) is 35.3. The van der Waals surface area contributed by atoms with Crippen LogP contribution in [0.5, 0.6) is 0 Å². The van der Waals surface area contributed by atoms with Gasteiger partial charge in [-0.3, -0.25) is 0 Å². The SMILES string of the molecule is CC(C)(C)[NH-].[C-]1=C(c2ccccc2)C(c2ccccc2)=C(c2ccccc2)C1c1ccccc1.[CH3-].[CH3-].[SiH4].[Ti+4]. The molecule has 4 aromatic rings. The molecule has 0 radical (unpaired) electrons. The fourth-order valence-corrected chi connectivity index (χ4v) is 4.13. The summed E-state index contributed by atoms with van der Waals surface area (Å²) in [6.45, 7) is 5.56. The molecule has 0 heterocycles. The van der Waals surface area contributed by atoms with Gasteiger partial charge in [-0.15, -0.1) is 28.8 Å². The van der Waals surface area contributed by atoms with Crippen molar-refractivity contribution in [3.63, 3.8) is 0 Å². The van der Waals surface area contributed by atoms with Gasteiger partial charge in [0, 0.05) is 0 Å². The Balaban J connectivity index is 0.00000140. The molecular weight excluding hydrogens is 510 g/mol. The summed E-state index contributed by atoms with van der Waals surface area (Å²) in [4.78, 5) is 0. The molecule has 1 nitrogen and oxygen atoms in total. The Morgan fingerprint density at radius 1 is 0.579 bits per heavy atom. The van der Waals surface area contributed by atoms with Gasteiger partial charge in [0.05, 0.1) is 0 Å². The van der Waals surface area contributed by atoms with Crippen LogP contribution in [0, 0.1) is 20.9 Å². The van der Waals surface area contributed by atoms with Crippen LogP contribution in [0.15, 0.2) is 121 Å². The van der Waals surface area contributed by atoms with Crippen LogP contribution in [0.25, 0.3) is 22.5 Å². The summed E-state index contributed by atoms with van der Waals surface area (Å²) in [6, 6.07) is 42.8. The monoisotopic (exact) mass is 551 g/mol. The van der Waals surface area contributed by atoms with Gasteiger partial charge in [0.25, 0.3) is 0 Å². The minimum atomic E-state index is -0.250. The quantitative estimate of drug-likeness (QED) is 0.179. The van der Waals surface area contributed by atoms with Crippen molar-refractivity contribution in [3.8, 4) is 0 Å². The van der Waals surface area contributed by atoms with Gasteiger partial charge in [-0.2, -0.15) is 11.6 Å². The number of hydrogen-bond acceptors (Lipinski definition) is 0. The van der Waals surface area contributed by atoms with Gasteiger partial charge in [-0.1, -0.05) is 141 Å². The van der Waals surface area contributed by atoms with Crippen LogP contribution in [-0.4, -0.2) is 16.5 Å². The summed E-state index contributed by atoms with van der Waals surface area (Å²) in [7, 11) is 0. The van der Waals surface area contributed by atoms with Gasteiger partial charge in [0.1, 0.15) is 0 Å². The molecule has 1 aliphatic rings. The van der Waals surface area contributed by atoms with Gasteiger partial charge in [-0.25, -0.2) is 0 Å². The summed E-state index contributed by atoms with van der Waals surface area (Å²) in [6.07, 6.45) is 3.86. The van der Waals surface area contributed by atoms with E-state index < -0.39 is 0 Å². The first-order valence-electron chi connectivity index (χ1n) is 11.8. The third-order valence-corrected chi connectivity index (χ3v) is 5.44. The third-order valence-electron chi connectivity index (χ3n) is 5.44. The Morgan fingerprint density at radius 3 is 1.34 bits per heavy atom. The molecule has 1 unspecified atom stereocenters. The second-order valence-electron chi connectivity index (χ2n) is 9.50. The van der Waals surface area contributed by atoms with Crippen molar-refractivity contribution in [2.45, 2.75) is 32.2 Å². The molecule has 3 heteroatoms. The average Bonchev–Trinajstić information content (AvgIpc) is 3.26. The third kappa shape index (κ3) is 9.22. The molecule has 1 N–H and O–H groups in total. The predicted octanol–water partition coefficient (Wildman–Crippen LogP) is 8.57. The second-order valence-corrected chi connectivity index (χ2v) is 9.50. The van der Waals surface area contributed by atoms with Crippen molar-refractivity contribution in [1.29, 1.82) is 0 Å². The molecule has 38 heavy (non-hydrogen) atoms. The molecule has 0 spiro atoms. The van der Waals surface area contributed by atoms with Crippen molar-refractivity contribution < 1.29 is 21.7 Å². The van der Waals surface area contributed by atoms with Gasteiger partial charge >= 0.3 is 21.7 Å². The Bertz CT molecular complexity index is 1250. The zero-order chi connectivity index (χ0) is 24.0. The number of allylic oxidation sites excluding steroid dienone is 4. The van der Waals surface area contributed by atoms with E-state index in [-0.39, 0.29) is 59.0 Å². The fraction of sp³-hybridized carbons (Fsp3) is 0.143. The summed E-state index contributed by atoms with van der Waals surface area (Å²) in [5.74, 6) is 0.101. The zero-order valence-electron chi connectivity index (χ0n) is 22.6. The van der Waals surface area contributed by atoms with E-state index in [4.69, 9.17) is 5.73 Å². The standard InChI is InChI=1S/C29H21.C4H10N.2CH3.H4Si.Ti/c1-5-13-22(14-6-1)26-21-27(23-15-7-2-8-16-23)29(25-19-11-4-12-20-25)28(26)24-17-9-3-10-18-24;1-4(2,3)5;;;;/h1-20,26H;5H,1-3H3;2*1H3;1H4;/q4*-1;;+4. The van der Waals surface area contributed by atoms with Crippen molar-refractivity contribution in [1.82, 2.24) is 0 Å². The molecule has 0 saturated heterocycles. The first-order valence-corrected chi connectivity index (χ1v) is 11.8. The largest absolute Gasteiger partial charge is 4.00 e. The molecule has 5 rings (SSSR count). The van der Waals surface area contributed by atoms with Crippen LogP contribution >= 0.6 is 0 Å². The van der Waals surface area contributed by atoms with E-state index in [0.717, 1.165) is 0 Å². The van der Waals surface area contributed by atoms with E-state index in [9.17, 15) is 0 Å². The van der Waals surface area contributed by atoms with Crippen LogP contribution in [0.4, 0.5) is 0 Å². The Kier molecular flexibility index (Phi) is 15.1. The average molecular weight is 552 g/mol.